The molecule has 0 fully saturated rings. The third-order valence-corrected chi connectivity index (χ3v) is 2.81. The number of allylic oxidation sites excluding steroid dienone is 4. The maximum Gasteiger partial charge on any atom is 0.120 e. The lowest BCUT2D eigenvalue weighted by molar-refractivity contribution is 0.391. The van der Waals surface area contributed by atoms with E-state index in [0.29, 0.717) is 5.76 Å². The molecule has 0 aliphatic heterocycles. The Kier molecular flexibility index (Phi) is 2.58. The normalized spacial score (nSPS) is 26.7. The van der Waals surface area contributed by atoms with Gasteiger partial charge in [-0.2, -0.15) is 0 Å². The summed E-state index contributed by atoms with van der Waals surface area (Å²) in [5.41, 5.74) is 1.27. The fourth-order valence-electron chi connectivity index (χ4n) is 0.878. The van der Waals surface area contributed by atoms with E-state index in [1.54, 1.807) is 0 Å². The third kappa shape index (κ3) is 1.64. The first-order valence-electron chi connectivity index (χ1n) is 3.01. The number of alkyl halides is 1. The zero-order valence-corrected chi connectivity index (χ0v) is 8.74. The zero-order chi connectivity index (χ0) is 7.72. The van der Waals surface area contributed by atoms with E-state index in [9.17, 15) is 5.11 Å². The van der Waals surface area contributed by atoms with Crippen LogP contribution in [-0.2, 0) is 0 Å². The van der Waals surface area contributed by atoms with Crippen LogP contribution < -0.4 is 0 Å². The van der Waals surface area contributed by atoms with E-state index in [1.807, 2.05) is 13.0 Å². The summed E-state index contributed by atoms with van der Waals surface area (Å²) >= 11 is 6.61. The Morgan fingerprint density at radius 2 is 2.30 bits per heavy atom. The van der Waals surface area contributed by atoms with Gasteiger partial charge in [0.25, 0.3) is 0 Å². The van der Waals surface area contributed by atoms with Gasteiger partial charge in [-0.1, -0.05) is 21.5 Å². The highest BCUT2D eigenvalue weighted by Crippen LogP contribution is 2.30. The van der Waals surface area contributed by atoms with Gasteiger partial charge in [0, 0.05) is 0 Å². The van der Waals surface area contributed by atoms with E-state index in [0.717, 1.165) is 10.9 Å². The molecule has 1 rings (SSSR count). The third-order valence-electron chi connectivity index (χ3n) is 1.42. The molecule has 1 aliphatic rings. The van der Waals surface area contributed by atoms with Gasteiger partial charge in [-0.15, -0.1) is 0 Å². The summed E-state index contributed by atoms with van der Waals surface area (Å²) in [7, 11) is 0. The standard InChI is InChI=1S/C7H8Br2O/c1-4-2-5(8)7(10)6(9)3-4/h2,6,10H,3H2,1H3. The summed E-state index contributed by atoms with van der Waals surface area (Å²) in [5, 5.41) is 9.31. The first-order valence-corrected chi connectivity index (χ1v) is 4.72. The molecule has 0 radical (unpaired) electrons. The molecule has 56 valence electrons. The lowest BCUT2D eigenvalue weighted by Crippen LogP contribution is -2.07. The van der Waals surface area contributed by atoms with E-state index in [-0.39, 0.29) is 4.83 Å². The van der Waals surface area contributed by atoms with Crippen molar-refractivity contribution in [2.75, 3.05) is 0 Å². The Balaban J connectivity index is 2.92. The van der Waals surface area contributed by atoms with Crippen LogP contribution in [0.1, 0.15) is 13.3 Å². The molecule has 1 aliphatic carbocycles. The van der Waals surface area contributed by atoms with Crippen LogP contribution >= 0.6 is 31.9 Å². The highest BCUT2D eigenvalue weighted by molar-refractivity contribution is 9.12. The van der Waals surface area contributed by atoms with Crippen LogP contribution in [0.5, 0.6) is 0 Å². The van der Waals surface area contributed by atoms with Crippen molar-refractivity contribution in [3.8, 4) is 0 Å². The Bertz CT molecular complexity index is 206. The second-order valence-corrected chi connectivity index (χ2v) is 4.36. The van der Waals surface area contributed by atoms with Gasteiger partial charge in [0.2, 0.25) is 0 Å². The van der Waals surface area contributed by atoms with Crippen molar-refractivity contribution >= 4 is 31.9 Å². The van der Waals surface area contributed by atoms with Crippen LogP contribution in [0.2, 0.25) is 0 Å². The summed E-state index contributed by atoms with van der Waals surface area (Å²) in [4.78, 5) is 0.0897. The number of hydrogen-bond donors (Lipinski definition) is 1. The fourth-order valence-corrected chi connectivity index (χ4v) is 2.61. The fraction of sp³-hybridized carbons (Fsp3) is 0.429. The van der Waals surface area contributed by atoms with Gasteiger partial charge in [0.05, 0.1) is 9.31 Å². The summed E-state index contributed by atoms with van der Waals surface area (Å²) < 4.78 is 0.790. The molecule has 0 spiro atoms. The van der Waals surface area contributed by atoms with Crippen LogP contribution in [-0.4, -0.2) is 9.93 Å². The molecule has 0 heterocycles. The number of aliphatic hydroxyl groups excluding tert-OH is 1. The molecule has 0 amide bonds. The van der Waals surface area contributed by atoms with Gasteiger partial charge in [-0.25, -0.2) is 0 Å². The highest BCUT2D eigenvalue weighted by atomic mass is 79.9. The van der Waals surface area contributed by atoms with Crippen LogP contribution in [0.15, 0.2) is 21.9 Å². The van der Waals surface area contributed by atoms with Gasteiger partial charge in [0.15, 0.2) is 0 Å². The van der Waals surface area contributed by atoms with Crippen molar-refractivity contribution in [1.82, 2.24) is 0 Å². The molecule has 1 N–H and O–H groups in total. The molecule has 1 unspecified atom stereocenters. The van der Waals surface area contributed by atoms with Crippen molar-refractivity contribution in [3.63, 3.8) is 0 Å². The highest BCUT2D eigenvalue weighted by Gasteiger charge is 2.17. The minimum absolute atomic E-state index is 0.0897. The predicted molar refractivity (Wildman–Crippen MR) is 49.7 cm³/mol. The number of aliphatic hydroxyl groups is 1. The molecule has 3 heteroatoms. The average molecular weight is 268 g/mol. The number of rotatable bonds is 0. The Labute approximate surface area is 77.1 Å². The van der Waals surface area contributed by atoms with Crippen LogP contribution in [0, 0.1) is 0 Å². The van der Waals surface area contributed by atoms with Crippen LogP contribution in [0.4, 0.5) is 0 Å². The van der Waals surface area contributed by atoms with Gasteiger partial charge in [-0.05, 0) is 35.4 Å². The molecule has 0 saturated carbocycles. The van der Waals surface area contributed by atoms with Gasteiger partial charge < -0.3 is 5.11 Å². The van der Waals surface area contributed by atoms with Crippen molar-refractivity contribution < 1.29 is 5.11 Å². The molecular weight excluding hydrogens is 260 g/mol. The SMILES string of the molecule is CC1=CC(Br)=C(O)C(Br)C1. The monoisotopic (exact) mass is 266 g/mol. The molecule has 10 heavy (non-hydrogen) atoms. The largest absolute Gasteiger partial charge is 0.510 e. The van der Waals surface area contributed by atoms with Crippen LogP contribution in [0.3, 0.4) is 0 Å². The Hall–Kier alpha value is 0.240. The van der Waals surface area contributed by atoms with E-state index >= 15 is 0 Å². The van der Waals surface area contributed by atoms with Gasteiger partial charge in [0.1, 0.15) is 5.76 Å². The molecule has 0 aromatic rings. The number of hydrogen-bond acceptors (Lipinski definition) is 1. The molecule has 0 aromatic carbocycles. The number of halogens is 2. The quantitative estimate of drug-likeness (QED) is 0.668. The van der Waals surface area contributed by atoms with Crippen molar-refractivity contribution in [3.05, 3.63) is 21.9 Å². The smallest absolute Gasteiger partial charge is 0.120 e. The van der Waals surface area contributed by atoms with E-state index in [1.165, 1.54) is 5.57 Å². The molecule has 0 bridgehead atoms. The van der Waals surface area contributed by atoms with Crippen molar-refractivity contribution in [1.29, 1.82) is 0 Å². The lowest BCUT2D eigenvalue weighted by Gasteiger charge is -2.15. The Morgan fingerprint density at radius 3 is 2.80 bits per heavy atom. The molecular formula is C7H8Br2O. The molecule has 0 saturated heterocycles. The maximum atomic E-state index is 9.31. The van der Waals surface area contributed by atoms with E-state index in [4.69, 9.17) is 0 Å². The minimum Gasteiger partial charge on any atom is -0.510 e. The van der Waals surface area contributed by atoms with E-state index in [2.05, 4.69) is 31.9 Å². The van der Waals surface area contributed by atoms with E-state index < -0.39 is 0 Å². The minimum atomic E-state index is 0.0897. The second kappa shape index (κ2) is 3.09. The maximum absolute atomic E-state index is 9.31. The average Bonchev–Trinajstić information content (AvgIpc) is 1.82. The molecule has 1 atom stereocenters. The zero-order valence-electron chi connectivity index (χ0n) is 5.56. The summed E-state index contributed by atoms with van der Waals surface area (Å²) in [6.07, 6.45) is 2.83. The Morgan fingerprint density at radius 1 is 1.70 bits per heavy atom. The first kappa shape index (κ1) is 8.34. The lowest BCUT2D eigenvalue weighted by atomic mass is 10.1. The summed E-state index contributed by atoms with van der Waals surface area (Å²) in [6.45, 7) is 2.04. The summed E-state index contributed by atoms with van der Waals surface area (Å²) in [5.74, 6) is 0.394. The van der Waals surface area contributed by atoms with Crippen molar-refractivity contribution in [2.24, 2.45) is 0 Å². The van der Waals surface area contributed by atoms with Crippen LogP contribution in [0.25, 0.3) is 0 Å². The molecule has 1 nitrogen and oxygen atoms in total. The first-order chi connectivity index (χ1) is 4.61. The molecule has 0 aromatic heterocycles. The topological polar surface area (TPSA) is 20.2 Å². The second-order valence-electron chi connectivity index (χ2n) is 2.40. The van der Waals surface area contributed by atoms with Gasteiger partial charge in [-0.3, -0.25) is 0 Å². The van der Waals surface area contributed by atoms with Crippen molar-refractivity contribution in [2.45, 2.75) is 18.2 Å². The summed E-state index contributed by atoms with van der Waals surface area (Å²) in [6, 6.07) is 0. The predicted octanol–water partition coefficient (Wildman–Crippen LogP) is 3.26. The van der Waals surface area contributed by atoms with Gasteiger partial charge >= 0.3 is 0 Å².